The number of aliphatic hydroxyl groups is 1. The highest BCUT2D eigenvalue weighted by atomic mass is 16.3. The molecule has 2 N–H and O–H groups in total. The van der Waals surface area contributed by atoms with Crippen molar-refractivity contribution in [3.05, 3.63) is 33.7 Å². The monoisotopic (exact) mass is 222 g/mol. The van der Waals surface area contributed by atoms with Gasteiger partial charge in [-0.2, -0.15) is 0 Å². The SMILES string of the molecule is Cc1cc(=O)c(C(=O)N2CC[C@@H](O)C2)c[nH]1. The molecule has 5 heteroatoms. The lowest BCUT2D eigenvalue weighted by Crippen LogP contribution is -2.33. The van der Waals surface area contributed by atoms with Gasteiger partial charge >= 0.3 is 0 Å². The van der Waals surface area contributed by atoms with Crippen LogP contribution >= 0.6 is 0 Å². The fraction of sp³-hybridized carbons (Fsp3) is 0.455. The summed E-state index contributed by atoms with van der Waals surface area (Å²) in [5.74, 6) is -0.308. The van der Waals surface area contributed by atoms with E-state index in [-0.39, 0.29) is 16.9 Å². The topological polar surface area (TPSA) is 73.4 Å². The molecule has 1 aromatic heterocycles. The number of hydrogen-bond donors (Lipinski definition) is 2. The van der Waals surface area contributed by atoms with Crippen LogP contribution in [-0.4, -0.2) is 40.1 Å². The van der Waals surface area contributed by atoms with Gasteiger partial charge in [-0.15, -0.1) is 0 Å². The number of likely N-dealkylation sites (tertiary alicyclic amines) is 1. The number of aryl methyl sites for hydroxylation is 1. The third-order valence-electron chi connectivity index (χ3n) is 2.74. The summed E-state index contributed by atoms with van der Waals surface area (Å²) >= 11 is 0. The van der Waals surface area contributed by atoms with Gasteiger partial charge in [-0.05, 0) is 13.3 Å². The van der Waals surface area contributed by atoms with Gasteiger partial charge in [0, 0.05) is 31.0 Å². The quantitative estimate of drug-likeness (QED) is 0.696. The molecule has 2 heterocycles. The molecule has 1 aromatic rings. The van der Waals surface area contributed by atoms with Gasteiger partial charge in [-0.1, -0.05) is 0 Å². The van der Waals surface area contributed by atoms with Crippen LogP contribution < -0.4 is 5.43 Å². The molecule has 0 aromatic carbocycles. The zero-order valence-electron chi connectivity index (χ0n) is 9.06. The van der Waals surface area contributed by atoms with Gasteiger partial charge in [-0.3, -0.25) is 9.59 Å². The predicted octanol–water partition coefficient (Wildman–Crippen LogP) is -0.110. The number of carbonyl (C=O) groups is 1. The minimum absolute atomic E-state index is 0.139. The van der Waals surface area contributed by atoms with E-state index in [1.54, 1.807) is 6.92 Å². The number of hydrogen-bond acceptors (Lipinski definition) is 3. The first-order valence-corrected chi connectivity index (χ1v) is 5.24. The first-order chi connectivity index (χ1) is 7.58. The zero-order chi connectivity index (χ0) is 11.7. The summed E-state index contributed by atoms with van der Waals surface area (Å²) in [6.45, 7) is 2.58. The lowest BCUT2D eigenvalue weighted by molar-refractivity contribution is 0.0763. The van der Waals surface area contributed by atoms with Crippen molar-refractivity contribution in [2.45, 2.75) is 19.4 Å². The van der Waals surface area contributed by atoms with Gasteiger partial charge < -0.3 is 15.0 Å². The largest absolute Gasteiger partial charge is 0.391 e. The maximum absolute atomic E-state index is 11.9. The molecule has 0 unspecified atom stereocenters. The minimum Gasteiger partial charge on any atom is -0.391 e. The Hall–Kier alpha value is -1.62. The van der Waals surface area contributed by atoms with E-state index in [2.05, 4.69) is 4.98 Å². The maximum atomic E-state index is 11.9. The molecule has 86 valence electrons. The highest BCUT2D eigenvalue weighted by Gasteiger charge is 2.26. The number of amides is 1. The summed E-state index contributed by atoms with van der Waals surface area (Å²) < 4.78 is 0. The average Bonchev–Trinajstić information content (AvgIpc) is 2.64. The van der Waals surface area contributed by atoms with Crippen LogP contribution in [0.15, 0.2) is 17.1 Å². The van der Waals surface area contributed by atoms with Crippen LogP contribution in [-0.2, 0) is 0 Å². The summed E-state index contributed by atoms with van der Waals surface area (Å²) in [5, 5.41) is 9.33. The van der Waals surface area contributed by atoms with Gasteiger partial charge in [0.1, 0.15) is 5.56 Å². The number of nitrogens with zero attached hydrogens (tertiary/aromatic N) is 1. The van der Waals surface area contributed by atoms with Crippen LogP contribution in [0.5, 0.6) is 0 Å². The standard InChI is InChI=1S/C11H14N2O3/c1-7-4-10(15)9(5-12-7)11(16)13-3-2-8(14)6-13/h4-5,8,14H,2-3,6H2,1H3,(H,12,15)/t8-/m1/s1. The van der Waals surface area contributed by atoms with E-state index in [0.29, 0.717) is 19.5 Å². The molecule has 0 bridgehead atoms. The molecule has 1 amide bonds. The summed E-state index contributed by atoms with van der Waals surface area (Å²) in [6.07, 6.45) is 1.55. The maximum Gasteiger partial charge on any atom is 0.259 e. The predicted molar refractivity (Wildman–Crippen MR) is 58.3 cm³/mol. The Balaban J connectivity index is 2.24. The van der Waals surface area contributed by atoms with Gasteiger partial charge in [0.2, 0.25) is 0 Å². The molecule has 2 rings (SSSR count). The molecular weight excluding hydrogens is 208 g/mol. The zero-order valence-corrected chi connectivity index (χ0v) is 9.06. The first kappa shape index (κ1) is 10.9. The van der Waals surface area contributed by atoms with Gasteiger partial charge in [0.15, 0.2) is 5.43 Å². The van der Waals surface area contributed by atoms with E-state index >= 15 is 0 Å². The second kappa shape index (κ2) is 4.09. The van der Waals surface area contributed by atoms with Crippen molar-refractivity contribution < 1.29 is 9.90 Å². The summed E-state index contributed by atoms with van der Waals surface area (Å²) in [5.41, 5.74) is 0.588. The fourth-order valence-corrected chi connectivity index (χ4v) is 1.84. The van der Waals surface area contributed by atoms with E-state index in [9.17, 15) is 14.7 Å². The van der Waals surface area contributed by atoms with Crippen LogP contribution in [0.4, 0.5) is 0 Å². The molecule has 0 saturated carbocycles. The smallest absolute Gasteiger partial charge is 0.259 e. The normalized spacial score (nSPS) is 20.1. The Bertz CT molecular complexity index is 467. The van der Waals surface area contributed by atoms with Crippen LogP contribution in [0.3, 0.4) is 0 Å². The molecule has 1 aliphatic rings. The number of H-pyrrole nitrogens is 1. The van der Waals surface area contributed by atoms with Crippen molar-refractivity contribution in [1.29, 1.82) is 0 Å². The second-order valence-electron chi connectivity index (χ2n) is 4.09. The van der Waals surface area contributed by atoms with Crippen molar-refractivity contribution in [3.8, 4) is 0 Å². The van der Waals surface area contributed by atoms with E-state index in [4.69, 9.17) is 0 Å². The van der Waals surface area contributed by atoms with Gasteiger partial charge in [0.25, 0.3) is 5.91 Å². The lowest BCUT2D eigenvalue weighted by Gasteiger charge is -2.14. The van der Waals surface area contributed by atoms with Gasteiger partial charge in [0.05, 0.1) is 6.10 Å². The molecule has 1 fully saturated rings. The molecule has 1 saturated heterocycles. The van der Waals surface area contributed by atoms with Crippen molar-refractivity contribution in [2.75, 3.05) is 13.1 Å². The highest BCUT2D eigenvalue weighted by Crippen LogP contribution is 2.11. The van der Waals surface area contributed by atoms with Crippen molar-refractivity contribution in [3.63, 3.8) is 0 Å². The Kier molecular flexibility index (Phi) is 2.78. The van der Waals surface area contributed by atoms with Crippen molar-refractivity contribution >= 4 is 5.91 Å². The Labute approximate surface area is 92.7 Å². The number of rotatable bonds is 1. The highest BCUT2D eigenvalue weighted by molar-refractivity contribution is 5.94. The Morgan fingerprint density at radius 1 is 1.62 bits per heavy atom. The Morgan fingerprint density at radius 3 is 2.94 bits per heavy atom. The molecule has 5 nitrogen and oxygen atoms in total. The summed E-state index contributed by atoms with van der Waals surface area (Å²) in [4.78, 5) is 27.9. The van der Waals surface area contributed by atoms with E-state index in [1.165, 1.54) is 17.2 Å². The molecule has 0 radical (unpaired) electrons. The van der Waals surface area contributed by atoms with E-state index < -0.39 is 6.10 Å². The van der Waals surface area contributed by atoms with Crippen LogP contribution in [0.1, 0.15) is 22.5 Å². The van der Waals surface area contributed by atoms with Crippen LogP contribution in [0.2, 0.25) is 0 Å². The second-order valence-corrected chi connectivity index (χ2v) is 4.09. The fourth-order valence-electron chi connectivity index (χ4n) is 1.84. The van der Waals surface area contributed by atoms with Gasteiger partial charge in [-0.25, -0.2) is 0 Å². The summed E-state index contributed by atoms with van der Waals surface area (Å²) in [6, 6.07) is 1.40. The number of aromatic amines is 1. The van der Waals surface area contributed by atoms with Crippen LogP contribution in [0, 0.1) is 6.92 Å². The lowest BCUT2D eigenvalue weighted by atomic mass is 10.2. The number of aromatic nitrogens is 1. The number of β-amino-alcohol motifs (C(OH)–C–C–N with tert-alkyl or cyclic N) is 1. The third-order valence-corrected chi connectivity index (χ3v) is 2.74. The minimum atomic E-state index is -0.464. The van der Waals surface area contributed by atoms with Crippen molar-refractivity contribution in [2.24, 2.45) is 0 Å². The number of carbonyl (C=O) groups excluding carboxylic acids is 1. The molecule has 1 aliphatic heterocycles. The molecule has 1 atom stereocenters. The molecule has 0 aliphatic carbocycles. The van der Waals surface area contributed by atoms with E-state index in [1.807, 2.05) is 0 Å². The average molecular weight is 222 g/mol. The van der Waals surface area contributed by atoms with E-state index in [0.717, 1.165) is 5.69 Å². The number of pyridine rings is 1. The third kappa shape index (κ3) is 1.99. The molecule has 0 spiro atoms. The molecule has 16 heavy (non-hydrogen) atoms. The molecular formula is C11H14N2O3. The summed E-state index contributed by atoms with van der Waals surface area (Å²) in [7, 11) is 0. The number of nitrogens with one attached hydrogen (secondary N) is 1. The van der Waals surface area contributed by atoms with Crippen LogP contribution in [0.25, 0.3) is 0 Å². The van der Waals surface area contributed by atoms with Crippen molar-refractivity contribution in [1.82, 2.24) is 9.88 Å². The first-order valence-electron chi connectivity index (χ1n) is 5.24. The number of aliphatic hydroxyl groups excluding tert-OH is 1. The Morgan fingerprint density at radius 2 is 2.38 bits per heavy atom.